The van der Waals surface area contributed by atoms with Gasteiger partial charge in [-0.2, -0.15) is 0 Å². The third kappa shape index (κ3) is 5.28. The van der Waals surface area contributed by atoms with Gasteiger partial charge in [0.05, 0.1) is 0 Å². The Bertz CT molecular complexity index is 482. The van der Waals surface area contributed by atoms with Crippen LogP contribution in [0.3, 0.4) is 0 Å². The molecule has 1 heterocycles. The third-order valence-corrected chi connectivity index (χ3v) is 5.02. The Balaban J connectivity index is 0.000000181. The summed E-state index contributed by atoms with van der Waals surface area (Å²) in [4.78, 5) is 18.5. The first-order valence-corrected chi connectivity index (χ1v) is 8.97. The Labute approximate surface area is 139 Å². The molecule has 0 saturated heterocycles. The molecule has 0 spiro atoms. The number of carbonyl (C=O) groups is 2. The fraction of sp³-hybridized carbons (Fsp3) is 0.600. The average Bonchev–Trinajstić information content (AvgIpc) is 2.63. The molecular weight excluding hydrogens is 286 g/mol. The van der Waals surface area contributed by atoms with Crippen molar-refractivity contribution >= 4 is 12.6 Å². The zero-order valence-electron chi connectivity index (χ0n) is 14.1. The summed E-state index contributed by atoms with van der Waals surface area (Å²) in [5, 5.41) is 3.77. The zero-order valence-corrected chi connectivity index (χ0v) is 14.1. The molecular formula is C20H29NO2. The van der Waals surface area contributed by atoms with Crippen LogP contribution < -0.4 is 5.32 Å². The van der Waals surface area contributed by atoms with Crippen LogP contribution in [0, 0.1) is 0 Å². The van der Waals surface area contributed by atoms with E-state index in [0.29, 0.717) is 17.9 Å². The molecule has 3 aliphatic carbocycles. The van der Waals surface area contributed by atoms with Crippen LogP contribution in [0.1, 0.15) is 64.2 Å². The Morgan fingerprint density at radius 2 is 1.70 bits per heavy atom. The van der Waals surface area contributed by atoms with Crippen LogP contribution in [-0.2, 0) is 9.59 Å². The van der Waals surface area contributed by atoms with Crippen molar-refractivity contribution in [3.05, 3.63) is 35.5 Å². The van der Waals surface area contributed by atoms with Crippen molar-refractivity contribution in [2.45, 2.75) is 76.3 Å². The predicted octanol–water partition coefficient (Wildman–Crippen LogP) is 4.05. The van der Waals surface area contributed by atoms with Crippen molar-refractivity contribution in [2.75, 3.05) is 0 Å². The minimum atomic E-state index is 0.464. The van der Waals surface area contributed by atoms with Crippen LogP contribution in [-0.4, -0.2) is 24.7 Å². The maximum Gasteiger partial charge on any atom is 0.132 e. The maximum atomic E-state index is 10.5. The van der Waals surface area contributed by atoms with Gasteiger partial charge in [-0.25, -0.2) is 0 Å². The molecule has 2 saturated carbocycles. The summed E-state index contributed by atoms with van der Waals surface area (Å²) >= 11 is 0. The minimum absolute atomic E-state index is 0.464. The van der Waals surface area contributed by atoms with E-state index in [1.165, 1.54) is 44.1 Å². The maximum absolute atomic E-state index is 10.5. The van der Waals surface area contributed by atoms with Gasteiger partial charge in [-0.05, 0) is 44.1 Å². The molecule has 0 aromatic carbocycles. The average molecular weight is 315 g/mol. The van der Waals surface area contributed by atoms with E-state index in [4.69, 9.17) is 4.79 Å². The number of nitrogens with one attached hydrogen (secondary N) is 1. The number of allylic oxidation sites excluding steroid dienone is 2. The van der Waals surface area contributed by atoms with Crippen LogP contribution >= 0.6 is 0 Å². The second-order valence-electron chi connectivity index (χ2n) is 6.67. The van der Waals surface area contributed by atoms with Gasteiger partial charge >= 0.3 is 0 Å². The van der Waals surface area contributed by atoms with E-state index in [1.807, 2.05) is 6.79 Å². The molecule has 2 atom stereocenters. The Morgan fingerprint density at radius 3 is 2.39 bits per heavy atom. The highest BCUT2D eigenvalue weighted by atomic mass is 16.1. The van der Waals surface area contributed by atoms with Gasteiger partial charge in [0.2, 0.25) is 0 Å². The lowest BCUT2D eigenvalue weighted by atomic mass is 9.82. The van der Waals surface area contributed by atoms with E-state index in [-0.39, 0.29) is 0 Å². The quantitative estimate of drug-likeness (QED) is 0.733. The molecule has 2 unspecified atom stereocenters. The molecule has 4 rings (SSSR count). The van der Waals surface area contributed by atoms with Crippen LogP contribution in [0.2, 0.25) is 0 Å². The number of Topliss-reactive ketones (excluding diaryl/α,β-unsaturated/α-hetero) is 1. The highest BCUT2D eigenvalue weighted by Gasteiger charge is 2.27. The summed E-state index contributed by atoms with van der Waals surface area (Å²) in [5.41, 5.74) is 3.15. The van der Waals surface area contributed by atoms with Gasteiger partial charge < -0.3 is 10.1 Å². The van der Waals surface area contributed by atoms with E-state index >= 15 is 0 Å². The highest BCUT2D eigenvalue weighted by Crippen LogP contribution is 2.31. The van der Waals surface area contributed by atoms with Crippen molar-refractivity contribution < 1.29 is 9.59 Å². The SMILES string of the molecule is C1=CCC2NC3CCCCC3=CC2=C1.C=O.O=C1CCCCC1. The first kappa shape index (κ1) is 17.9. The van der Waals surface area contributed by atoms with Gasteiger partial charge in [0.1, 0.15) is 12.6 Å². The van der Waals surface area contributed by atoms with E-state index < -0.39 is 0 Å². The third-order valence-electron chi connectivity index (χ3n) is 5.02. The number of ketones is 1. The van der Waals surface area contributed by atoms with Gasteiger partial charge in [-0.1, -0.05) is 42.7 Å². The Morgan fingerprint density at radius 1 is 0.957 bits per heavy atom. The summed E-state index contributed by atoms with van der Waals surface area (Å²) in [5.74, 6) is 0.464. The van der Waals surface area contributed by atoms with Crippen LogP contribution in [0.5, 0.6) is 0 Å². The molecule has 0 amide bonds. The smallest absolute Gasteiger partial charge is 0.132 e. The lowest BCUT2D eigenvalue weighted by molar-refractivity contribution is -0.120. The molecule has 0 aromatic rings. The van der Waals surface area contributed by atoms with Crippen molar-refractivity contribution in [1.82, 2.24) is 5.32 Å². The van der Waals surface area contributed by atoms with Crippen molar-refractivity contribution in [1.29, 1.82) is 0 Å². The van der Waals surface area contributed by atoms with Gasteiger partial charge in [0.25, 0.3) is 0 Å². The number of hydrogen-bond acceptors (Lipinski definition) is 3. The molecule has 0 aromatic heterocycles. The summed E-state index contributed by atoms with van der Waals surface area (Å²) in [6.07, 6.45) is 21.0. The van der Waals surface area contributed by atoms with Crippen LogP contribution in [0.15, 0.2) is 35.5 Å². The molecule has 23 heavy (non-hydrogen) atoms. The van der Waals surface area contributed by atoms with Gasteiger partial charge in [0.15, 0.2) is 0 Å². The highest BCUT2D eigenvalue weighted by molar-refractivity contribution is 5.78. The standard InChI is InChI=1S/C13H17N.C6H10O.CH2O/c1-3-7-12-10(5-1)9-11-6-2-4-8-13(11)14-12;7-6-4-2-1-3-5-6;1-2/h1,3,5,9,12-14H,2,4,6-8H2;1-5H2;1H2. The van der Waals surface area contributed by atoms with E-state index in [1.54, 1.807) is 5.57 Å². The van der Waals surface area contributed by atoms with E-state index in [9.17, 15) is 4.79 Å². The molecule has 0 bridgehead atoms. The second kappa shape index (κ2) is 9.61. The molecule has 3 heteroatoms. The van der Waals surface area contributed by atoms with Crippen molar-refractivity contribution in [3.8, 4) is 0 Å². The lowest BCUT2D eigenvalue weighted by Gasteiger charge is -2.36. The molecule has 4 aliphatic rings. The zero-order chi connectivity index (χ0) is 16.5. The molecule has 3 nitrogen and oxygen atoms in total. The molecule has 2 fully saturated rings. The monoisotopic (exact) mass is 315 g/mol. The fourth-order valence-electron chi connectivity index (χ4n) is 3.76. The van der Waals surface area contributed by atoms with Crippen LogP contribution in [0.4, 0.5) is 0 Å². The van der Waals surface area contributed by atoms with Crippen LogP contribution in [0.25, 0.3) is 0 Å². The fourth-order valence-corrected chi connectivity index (χ4v) is 3.76. The van der Waals surface area contributed by atoms with E-state index in [2.05, 4.69) is 29.6 Å². The molecule has 1 N–H and O–H groups in total. The number of rotatable bonds is 0. The normalized spacial score (nSPS) is 28.6. The topological polar surface area (TPSA) is 46.2 Å². The number of hydrogen-bond donors (Lipinski definition) is 1. The summed E-state index contributed by atoms with van der Waals surface area (Å²) < 4.78 is 0. The summed E-state index contributed by atoms with van der Waals surface area (Å²) in [6, 6.07) is 1.30. The largest absolute Gasteiger partial charge is 0.307 e. The molecule has 126 valence electrons. The van der Waals surface area contributed by atoms with Gasteiger partial charge in [-0.15, -0.1) is 0 Å². The van der Waals surface area contributed by atoms with E-state index in [0.717, 1.165) is 25.7 Å². The van der Waals surface area contributed by atoms with Gasteiger partial charge in [0, 0.05) is 24.9 Å². The summed E-state index contributed by atoms with van der Waals surface area (Å²) in [7, 11) is 0. The Kier molecular flexibility index (Phi) is 7.47. The first-order chi connectivity index (χ1) is 11.3. The first-order valence-electron chi connectivity index (χ1n) is 8.97. The van der Waals surface area contributed by atoms with Gasteiger partial charge in [-0.3, -0.25) is 4.79 Å². The number of carbonyl (C=O) groups excluding carboxylic acids is 2. The Hall–Kier alpha value is -1.48. The minimum Gasteiger partial charge on any atom is -0.307 e. The predicted molar refractivity (Wildman–Crippen MR) is 94.3 cm³/mol. The molecule has 0 radical (unpaired) electrons. The lowest BCUT2D eigenvalue weighted by Crippen LogP contribution is -2.45. The van der Waals surface area contributed by atoms with Crippen molar-refractivity contribution in [3.63, 3.8) is 0 Å². The second-order valence-corrected chi connectivity index (χ2v) is 6.67. The summed E-state index contributed by atoms with van der Waals surface area (Å²) in [6.45, 7) is 2.00. The number of fused-ring (bicyclic) bond motifs is 2. The van der Waals surface area contributed by atoms with Crippen molar-refractivity contribution in [2.24, 2.45) is 0 Å². The molecule has 1 aliphatic heterocycles.